The molecule has 0 radical (unpaired) electrons. The number of nitrogens with one attached hydrogen (secondary N) is 2. The lowest BCUT2D eigenvalue weighted by Gasteiger charge is -2.26. The molecule has 0 amide bonds. The number of hydrogen-bond acceptors (Lipinski definition) is 4. The van der Waals surface area contributed by atoms with E-state index in [4.69, 9.17) is 0 Å². The van der Waals surface area contributed by atoms with Gasteiger partial charge in [0.05, 0.1) is 6.54 Å². The third-order valence-electron chi connectivity index (χ3n) is 4.47. The Kier molecular flexibility index (Phi) is 5.50. The Bertz CT molecular complexity index is 675. The molecule has 130 valence electrons. The number of aromatic nitrogens is 3. The fourth-order valence-electron chi connectivity index (χ4n) is 2.94. The van der Waals surface area contributed by atoms with E-state index >= 15 is 0 Å². The van der Waals surface area contributed by atoms with Crippen LogP contribution in [0.15, 0.2) is 21.8 Å². The van der Waals surface area contributed by atoms with Gasteiger partial charge in [-0.15, -0.1) is 0 Å². The Hall–Kier alpha value is -1.89. The summed E-state index contributed by atoms with van der Waals surface area (Å²) >= 11 is 1.74. The molecule has 0 saturated carbocycles. The first kappa shape index (κ1) is 17.0. The second-order valence-corrected chi connectivity index (χ2v) is 7.05. The largest absolute Gasteiger partial charge is 0.356 e. The van der Waals surface area contributed by atoms with E-state index in [0.717, 1.165) is 50.0 Å². The van der Waals surface area contributed by atoms with E-state index in [1.165, 1.54) is 5.56 Å². The zero-order valence-corrected chi connectivity index (χ0v) is 15.4. The van der Waals surface area contributed by atoms with Crippen molar-refractivity contribution in [1.29, 1.82) is 0 Å². The number of aliphatic imine (C=N–C) groups is 1. The molecule has 0 bridgehead atoms. The summed E-state index contributed by atoms with van der Waals surface area (Å²) in [6.07, 6.45) is 2.91. The van der Waals surface area contributed by atoms with Crippen molar-refractivity contribution in [3.63, 3.8) is 0 Å². The van der Waals surface area contributed by atoms with Crippen LogP contribution in [-0.2, 0) is 19.4 Å². The summed E-state index contributed by atoms with van der Waals surface area (Å²) in [4.78, 5) is 8.93. The normalized spacial score (nSPS) is 19.0. The molecule has 3 heterocycles. The van der Waals surface area contributed by atoms with Crippen molar-refractivity contribution in [2.75, 3.05) is 13.6 Å². The highest BCUT2D eigenvalue weighted by Crippen LogP contribution is 2.17. The molecule has 0 spiro atoms. The Morgan fingerprint density at radius 1 is 1.54 bits per heavy atom. The summed E-state index contributed by atoms with van der Waals surface area (Å²) in [5.41, 5.74) is 1.37. The second kappa shape index (κ2) is 7.79. The minimum Gasteiger partial charge on any atom is -0.356 e. The van der Waals surface area contributed by atoms with Crippen molar-refractivity contribution in [3.05, 3.63) is 34.0 Å². The molecule has 0 saturated heterocycles. The van der Waals surface area contributed by atoms with Gasteiger partial charge in [0.1, 0.15) is 5.82 Å². The zero-order valence-electron chi connectivity index (χ0n) is 14.6. The number of hydrogen-bond donors (Lipinski definition) is 2. The molecule has 24 heavy (non-hydrogen) atoms. The van der Waals surface area contributed by atoms with Gasteiger partial charge in [-0.1, -0.05) is 13.8 Å². The number of nitrogens with zero attached hydrogens (tertiary/aromatic N) is 4. The van der Waals surface area contributed by atoms with Gasteiger partial charge in [-0.25, -0.2) is 9.67 Å². The molecule has 2 N–H and O–H groups in total. The third-order valence-corrected chi connectivity index (χ3v) is 5.17. The van der Waals surface area contributed by atoms with Crippen molar-refractivity contribution in [2.24, 2.45) is 4.99 Å². The number of guanidine groups is 1. The molecule has 1 aliphatic heterocycles. The molecule has 2 atom stereocenters. The van der Waals surface area contributed by atoms with E-state index < -0.39 is 0 Å². The van der Waals surface area contributed by atoms with E-state index in [-0.39, 0.29) is 0 Å². The van der Waals surface area contributed by atoms with Gasteiger partial charge in [0.15, 0.2) is 11.8 Å². The molecule has 0 aliphatic carbocycles. The number of rotatable bonds is 5. The molecule has 0 aromatic carbocycles. The summed E-state index contributed by atoms with van der Waals surface area (Å²) in [6.45, 7) is 6.05. The van der Waals surface area contributed by atoms with E-state index in [2.05, 4.69) is 56.4 Å². The van der Waals surface area contributed by atoms with Crippen LogP contribution >= 0.6 is 11.3 Å². The van der Waals surface area contributed by atoms with Crippen LogP contribution < -0.4 is 10.6 Å². The first-order chi connectivity index (χ1) is 11.7. The molecular formula is C17H26N6S. The highest BCUT2D eigenvalue weighted by Gasteiger charge is 2.22. The fraction of sp³-hybridized carbons (Fsp3) is 0.588. The van der Waals surface area contributed by atoms with Gasteiger partial charge < -0.3 is 10.6 Å². The van der Waals surface area contributed by atoms with E-state index in [1.54, 1.807) is 11.3 Å². The molecule has 7 heteroatoms. The number of thiophene rings is 1. The molecule has 2 aromatic rings. The van der Waals surface area contributed by atoms with Gasteiger partial charge in [-0.3, -0.25) is 4.99 Å². The number of fused-ring (bicyclic) bond motifs is 1. The SMILES string of the molecule is CCc1nc2n(n1)CC(NC(=NC)NCC(C)c1ccsc1)CC2. The summed E-state index contributed by atoms with van der Waals surface area (Å²) in [5.74, 6) is 3.38. The van der Waals surface area contributed by atoms with Gasteiger partial charge in [0, 0.05) is 32.5 Å². The van der Waals surface area contributed by atoms with E-state index in [9.17, 15) is 0 Å². The third kappa shape index (κ3) is 3.95. The first-order valence-electron chi connectivity index (χ1n) is 8.61. The van der Waals surface area contributed by atoms with E-state index in [0.29, 0.717) is 12.0 Å². The standard InChI is InChI=1S/C17H26N6S/c1-4-15-21-16-6-5-14(10-23(16)22-15)20-17(18-3)19-9-12(2)13-7-8-24-11-13/h7-8,11-12,14H,4-6,9-10H2,1-3H3,(H2,18,19,20). The van der Waals surface area contributed by atoms with E-state index in [1.807, 2.05) is 11.7 Å². The van der Waals surface area contributed by atoms with Crippen LogP contribution in [0.1, 0.15) is 43.4 Å². The maximum absolute atomic E-state index is 4.57. The minimum atomic E-state index is 0.339. The molecule has 6 nitrogen and oxygen atoms in total. The van der Waals surface area contributed by atoms with Crippen LogP contribution in [0.5, 0.6) is 0 Å². The zero-order chi connectivity index (χ0) is 16.9. The lowest BCUT2D eigenvalue weighted by atomic mass is 10.1. The van der Waals surface area contributed by atoms with Crippen molar-refractivity contribution >= 4 is 17.3 Å². The van der Waals surface area contributed by atoms with Crippen molar-refractivity contribution in [2.45, 2.75) is 51.6 Å². The lowest BCUT2D eigenvalue weighted by molar-refractivity contribution is 0.392. The van der Waals surface area contributed by atoms with Crippen molar-refractivity contribution in [1.82, 2.24) is 25.4 Å². The molecule has 0 fully saturated rings. The summed E-state index contributed by atoms with van der Waals surface area (Å²) in [6, 6.07) is 2.53. The Labute approximate surface area is 147 Å². The molecule has 2 unspecified atom stereocenters. The van der Waals surface area contributed by atoms with Gasteiger partial charge in [-0.05, 0) is 34.7 Å². The Morgan fingerprint density at radius 3 is 3.12 bits per heavy atom. The highest BCUT2D eigenvalue weighted by atomic mass is 32.1. The predicted octanol–water partition coefficient (Wildman–Crippen LogP) is 2.19. The maximum atomic E-state index is 4.57. The topological polar surface area (TPSA) is 67.1 Å². The van der Waals surface area contributed by atoms with Crippen LogP contribution in [0.2, 0.25) is 0 Å². The molecule has 2 aromatic heterocycles. The van der Waals surface area contributed by atoms with Gasteiger partial charge in [0.25, 0.3) is 0 Å². The smallest absolute Gasteiger partial charge is 0.191 e. The average molecular weight is 347 g/mol. The summed E-state index contributed by atoms with van der Waals surface area (Å²) in [5, 5.41) is 15.9. The van der Waals surface area contributed by atoms with Crippen LogP contribution in [0, 0.1) is 0 Å². The lowest BCUT2D eigenvalue weighted by Crippen LogP contribution is -2.47. The summed E-state index contributed by atoms with van der Waals surface area (Å²) < 4.78 is 2.04. The molecule has 1 aliphatic rings. The monoisotopic (exact) mass is 346 g/mol. The predicted molar refractivity (Wildman–Crippen MR) is 98.7 cm³/mol. The van der Waals surface area contributed by atoms with Crippen molar-refractivity contribution in [3.8, 4) is 0 Å². The first-order valence-corrected chi connectivity index (χ1v) is 9.55. The molecular weight excluding hydrogens is 320 g/mol. The summed E-state index contributed by atoms with van der Waals surface area (Å²) in [7, 11) is 1.82. The van der Waals surface area contributed by atoms with Crippen molar-refractivity contribution < 1.29 is 0 Å². The maximum Gasteiger partial charge on any atom is 0.191 e. The van der Waals surface area contributed by atoms with Crippen LogP contribution in [-0.4, -0.2) is 40.4 Å². The molecule has 3 rings (SSSR count). The second-order valence-electron chi connectivity index (χ2n) is 6.27. The van der Waals surface area contributed by atoms with Gasteiger partial charge in [-0.2, -0.15) is 16.4 Å². The van der Waals surface area contributed by atoms with Gasteiger partial charge >= 0.3 is 0 Å². The quantitative estimate of drug-likeness (QED) is 0.643. The number of aryl methyl sites for hydroxylation is 2. The van der Waals surface area contributed by atoms with Gasteiger partial charge in [0.2, 0.25) is 0 Å². The van der Waals surface area contributed by atoms with Crippen LogP contribution in [0.4, 0.5) is 0 Å². The average Bonchev–Trinajstić information content (AvgIpc) is 3.26. The fourth-order valence-corrected chi connectivity index (χ4v) is 3.72. The minimum absolute atomic E-state index is 0.339. The Morgan fingerprint density at radius 2 is 2.42 bits per heavy atom. The van der Waals surface area contributed by atoms with Crippen LogP contribution in [0.25, 0.3) is 0 Å². The Balaban J connectivity index is 1.52. The van der Waals surface area contributed by atoms with Crippen LogP contribution in [0.3, 0.4) is 0 Å². The highest BCUT2D eigenvalue weighted by molar-refractivity contribution is 7.07.